The maximum Gasteiger partial charge on any atom is 0.255 e. The molecule has 2 aromatic carbocycles. The molecule has 0 spiro atoms. The molecule has 12 nitrogen and oxygen atoms in total. The van der Waals surface area contributed by atoms with E-state index in [-0.39, 0.29) is 36.3 Å². The first-order valence-electron chi connectivity index (χ1n) is 17.6. The maximum atomic E-state index is 13.9. The molecule has 0 aliphatic carbocycles. The molecule has 49 heavy (non-hydrogen) atoms. The van der Waals surface area contributed by atoms with Gasteiger partial charge in [0.05, 0.1) is 32.2 Å². The molecule has 0 radical (unpaired) electrons. The van der Waals surface area contributed by atoms with Gasteiger partial charge in [-0.25, -0.2) is 0 Å². The molecule has 2 N–H and O–H groups in total. The monoisotopic (exact) mass is 679 g/mol. The third-order valence-corrected chi connectivity index (χ3v) is 8.81. The van der Waals surface area contributed by atoms with Crippen LogP contribution in [0.5, 0.6) is 17.2 Å². The SMILES string of the molecule is CCCCN1CCOc2ccccc2C(=O)N[C@H](C(=O)N2CCN(CCCOc3ccccc3OC)CC2)CC(=O)N[C@@H](CC(C)C)C1=O. The van der Waals surface area contributed by atoms with E-state index in [1.165, 1.54) is 0 Å². The van der Waals surface area contributed by atoms with Crippen molar-refractivity contribution in [1.29, 1.82) is 0 Å². The van der Waals surface area contributed by atoms with Crippen molar-refractivity contribution in [2.75, 3.05) is 66.1 Å². The summed E-state index contributed by atoms with van der Waals surface area (Å²) in [4.78, 5) is 60.6. The van der Waals surface area contributed by atoms with Crippen LogP contribution in [-0.4, -0.2) is 117 Å². The molecular weight excluding hydrogens is 626 g/mol. The highest BCUT2D eigenvalue weighted by Gasteiger charge is 2.34. The van der Waals surface area contributed by atoms with E-state index in [2.05, 4.69) is 22.5 Å². The van der Waals surface area contributed by atoms with Crippen molar-refractivity contribution in [1.82, 2.24) is 25.3 Å². The molecule has 2 aliphatic rings. The second-order valence-corrected chi connectivity index (χ2v) is 13.0. The molecule has 4 amide bonds. The molecule has 0 unspecified atom stereocenters. The topological polar surface area (TPSA) is 130 Å². The van der Waals surface area contributed by atoms with Crippen LogP contribution in [0.25, 0.3) is 0 Å². The Kier molecular flexibility index (Phi) is 14.6. The van der Waals surface area contributed by atoms with Gasteiger partial charge >= 0.3 is 0 Å². The zero-order valence-corrected chi connectivity index (χ0v) is 29.4. The van der Waals surface area contributed by atoms with Crippen molar-refractivity contribution in [3.63, 3.8) is 0 Å². The first-order valence-corrected chi connectivity index (χ1v) is 17.6. The van der Waals surface area contributed by atoms with Crippen LogP contribution >= 0.6 is 0 Å². The number of piperazine rings is 1. The zero-order valence-electron chi connectivity index (χ0n) is 29.4. The second-order valence-electron chi connectivity index (χ2n) is 13.0. The number of ether oxygens (including phenoxy) is 3. The lowest BCUT2D eigenvalue weighted by Gasteiger charge is -2.36. The molecule has 2 atom stereocenters. The van der Waals surface area contributed by atoms with E-state index in [1.807, 2.05) is 38.1 Å². The van der Waals surface area contributed by atoms with Gasteiger partial charge < -0.3 is 34.6 Å². The van der Waals surface area contributed by atoms with Crippen LogP contribution in [-0.2, 0) is 14.4 Å². The van der Waals surface area contributed by atoms with Gasteiger partial charge in [0.2, 0.25) is 17.7 Å². The Morgan fingerprint density at radius 1 is 0.918 bits per heavy atom. The molecule has 0 bridgehead atoms. The number of nitrogens with zero attached hydrogens (tertiary/aromatic N) is 3. The number of carbonyl (C=O) groups is 4. The number of amides is 4. The fourth-order valence-corrected chi connectivity index (χ4v) is 6.14. The van der Waals surface area contributed by atoms with E-state index < -0.39 is 23.9 Å². The van der Waals surface area contributed by atoms with Crippen molar-refractivity contribution >= 4 is 23.6 Å². The molecule has 4 rings (SSSR count). The molecule has 12 heteroatoms. The van der Waals surface area contributed by atoms with E-state index in [0.29, 0.717) is 69.5 Å². The Morgan fingerprint density at radius 3 is 2.35 bits per heavy atom. The highest BCUT2D eigenvalue weighted by Crippen LogP contribution is 2.26. The smallest absolute Gasteiger partial charge is 0.255 e. The summed E-state index contributed by atoms with van der Waals surface area (Å²) < 4.78 is 17.3. The third kappa shape index (κ3) is 11.1. The van der Waals surface area contributed by atoms with E-state index >= 15 is 0 Å². The van der Waals surface area contributed by atoms with Gasteiger partial charge in [-0.15, -0.1) is 0 Å². The number of carbonyl (C=O) groups excluding carboxylic acids is 4. The van der Waals surface area contributed by atoms with E-state index in [0.717, 1.165) is 25.8 Å². The molecule has 268 valence electrons. The van der Waals surface area contributed by atoms with Gasteiger partial charge in [-0.05, 0) is 49.4 Å². The number of benzene rings is 2. The standard InChI is InChI=1S/C37H53N5O7/c1-5-6-17-41-22-24-49-31-13-8-7-12-28(31)35(44)39-30(26-34(43)38-29(36(41)45)25-27(2)3)37(46)42-20-18-40(19-21-42)16-11-23-48-33-15-10-9-14-32(33)47-4/h7-10,12-15,27,29-30H,5-6,11,16-26H2,1-4H3,(H,38,43)(H,39,44)/t29-,30-/m0/s1. The number of rotatable bonds is 12. The minimum atomic E-state index is -1.12. The minimum Gasteiger partial charge on any atom is -0.493 e. The van der Waals surface area contributed by atoms with Crippen molar-refractivity contribution in [3.8, 4) is 17.2 Å². The lowest BCUT2D eigenvalue weighted by Crippen LogP contribution is -2.57. The first kappa shape index (κ1) is 37.5. The summed E-state index contributed by atoms with van der Waals surface area (Å²) >= 11 is 0. The van der Waals surface area contributed by atoms with Crippen molar-refractivity contribution in [2.24, 2.45) is 5.92 Å². The number of unbranched alkanes of at least 4 members (excludes halogenated alkanes) is 1. The average Bonchev–Trinajstić information content (AvgIpc) is 3.10. The normalized spacial score (nSPS) is 19.7. The van der Waals surface area contributed by atoms with Gasteiger partial charge in [0.15, 0.2) is 11.5 Å². The Labute approximate surface area is 290 Å². The summed E-state index contributed by atoms with van der Waals surface area (Å²) in [7, 11) is 1.62. The van der Waals surface area contributed by atoms with E-state index in [4.69, 9.17) is 14.2 Å². The van der Waals surface area contributed by atoms with Crippen LogP contribution in [0.15, 0.2) is 48.5 Å². The van der Waals surface area contributed by atoms with Gasteiger partial charge in [0.25, 0.3) is 5.91 Å². The van der Waals surface area contributed by atoms with Gasteiger partial charge in [-0.2, -0.15) is 0 Å². The molecule has 0 aromatic heterocycles. The Bertz CT molecular complexity index is 1390. The highest BCUT2D eigenvalue weighted by molar-refractivity contribution is 6.01. The number of methoxy groups -OCH3 is 1. The van der Waals surface area contributed by atoms with E-state index in [1.54, 1.807) is 41.2 Å². The van der Waals surface area contributed by atoms with Crippen LogP contribution in [0.2, 0.25) is 0 Å². The molecule has 1 saturated heterocycles. The van der Waals surface area contributed by atoms with Gasteiger partial charge in [0, 0.05) is 39.3 Å². The molecular formula is C37H53N5O7. The largest absolute Gasteiger partial charge is 0.493 e. The Morgan fingerprint density at radius 2 is 1.63 bits per heavy atom. The van der Waals surface area contributed by atoms with Crippen molar-refractivity contribution in [3.05, 3.63) is 54.1 Å². The molecule has 0 saturated carbocycles. The quantitative estimate of drug-likeness (QED) is 0.327. The fraction of sp³-hybridized carbons (Fsp3) is 0.568. The number of fused-ring (bicyclic) bond motifs is 1. The minimum absolute atomic E-state index is 0.144. The fourth-order valence-electron chi connectivity index (χ4n) is 6.14. The average molecular weight is 680 g/mol. The summed E-state index contributed by atoms with van der Waals surface area (Å²) in [5.74, 6) is 0.458. The first-order chi connectivity index (χ1) is 23.7. The van der Waals surface area contributed by atoms with Gasteiger partial charge in [-0.1, -0.05) is 51.5 Å². The van der Waals surface area contributed by atoms with Crippen LogP contribution in [0.4, 0.5) is 0 Å². The predicted octanol–water partition coefficient (Wildman–Crippen LogP) is 3.35. The number of hydrogen-bond donors (Lipinski definition) is 2. The summed E-state index contributed by atoms with van der Waals surface area (Å²) in [6.45, 7) is 10.7. The maximum absolute atomic E-state index is 13.9. The molecule has 1 fully saturated rings. The third-order valence-electron chi connectivity index (χ3n) is 8.81. The van der Waals surface area contributed by atoms with Crippen molar-refractivity contribution in [2.45, 2.75) is 65.0 Å². The summed E-state index contributed by atoms with van der Waals surface area (Å²) in [5.41, 5.74) is 0.266. The molecule has 2 aliphatic heterocycles. The van der Waals surface area contributed by atoms with Crippen LogP contribution in [0, 0.1) is 5.92 Å². The molecule has 2 heterocycles. The van der Waals surface area contributed by atoms with Crippen LogP contribution in [0.1, 0.15) is 63.2 Å². The molecule has 2 aromatic rings. The van der Waals surface area contributed by atoms with Crippen LogP contribution in [0.3, 0.4) is 0 Å². The summed E-state index contributed by atoms with van der Waals surface area (Å²) in [5, 5.41) is 5.74. The second kappa shape index (κ2) is 19.0. The highest BCUT2D eigenvalue weighted by atomic mass is 16.5. The lowest BCUT2D eigenvalue weighted by atomic mass is 10.0. The number of para-hydroxylation sites is 3. The summed E-state index contributed by atoms with van der Waals surface area (Å²) in [6.07, 6.45) is 2.69. The van der Waals surface area contributed by atoms with E-state index in [9.17, 15) is 19.2 Å². The Balaban J connectivity index is 1.44. The lowest BCUT2D eigenvalue weighted by molar-refractivity contribution is -0.139. The Hall–Kier alpha value is -4.32. The zero-order chi connectivity index (χ0) is 35.2. The summed E-state index contributed by atoms with van der Waals surface area (Å²) in [6, 6.07) is 12.5. The number of nitrogens with one attached hydrogen (secondary N) is 2. The van der Waals surface area contributed by atoms with Gasteiger partial charge in [-0.3, -0.25) is 24.1 Å². The van der Waals surface area contributed by atoms with Crippen molar-refractivity contribution < 1.29 is 33.4 Å². The predicted molar refractivity (Wildman–Crippen MR) is 187 cm³/mol. The van der Waals surface area contributed by atoms with Crippen LogP contribution < -0.4 is 24.8 Å². The van der Waals surface area contributed by atoms with Gasteiger partial charge in [0.1, 0.15) is 24.4 Å². The number of hydrogen-bond acceptors (Lipinski definition) is 8.